The number of aliphatic hydroxyl groups excluding tert-OH is 1. The SMILES string of the molecule is COC(=O)N[C@H](C(=O)NN(CCC[C@@](O)(Cc1ccccc1)C(=O)N[C@H]1c2ccccc2C[C@H]1O)Cc1ccc(N(C)C)cc1)C(C)(C)C. The molecule has 0 saturated carbocycles. The molecular formula is C38H51N5O6. The van der Waals surface area contributed by atoms with Crippen molar-refractivity contribution in [1.29, 1.82) is 0 Å². The van der Waals surface area contributed by atoms with Gasteiger partial charge in [-0.05, 0) is 52.6 Å². The molecule has 4 rings (SSSR count). The molecule has 49 heavy (non-hydrogen) atoms. The molecule has 0 fully saturated rings. The van der Waals surface area contributed by atoms with Gasteiger partial charge in [0.2, 0.25) is 0 Å². The fraction of sp³-hybridized carbons (Fsp3) is 0.447. The number of hydrazine groups is 1. The minimum Gasteiger partial charge on any atom is -0.453 e. The number of amides is 3. The van der Waals surface area contributed by atoms with E-state index in [-0.39, 0.29) is 19.4 Å². The number of fused-ring (bicyclic) bond motifs is 1. The average Bonchev–Trinajstić information content (AvgIpc) is 3.37. The quantitative estimate of drug-likeness (QED) is 0.162. The number of aliphatic hydroxyl groups is 2. The summed E-state index contributed by atoms with van der Waals surface area (Å²) in [5, 5.41) is 30.2. The van der Waals surface area contributed by atoms with E-state index in [1.807, 2.05) is 119 Å². The maximum atomic E-state index is 13.9. The summed E-state index contributed by atoms with van der Waals surface area (Å²) in [5.41, 5.74) is 5.11. The molecule has 0 bridgehead atoms. The lowest BCUT2D eigenvalue weighted by molar-refractivity contribution is -0.142. The van der Waals surface area contributed by atoms with Crippen molar-refractivity contribution in [2.24, 2.45) is 5.41 Å². The molecule has 11 nitrogen and oxygen atoms in total. The van der Waals surface area contributed by atoms with Crippen LogP contribution < -0.4 is 21.0 Å². The average molecular weight is 674 g/mol. The number of carbonyl (C=O) groups is 3. The maximum Gasteiger partial charge on any atom is 0.407 e. The second-order valence-corrected chi connectivity index (χ2v) is 14.1. The third kappa shape index (κ3) is 10.0. The van der Waals surface area contributed by atoms with E-state index >= 15 is 0 Å². The second kappa shape index (κ2) is 16.3. The van der Waals surface area contributed by atoms with E-state index in [0.29, 0.717) is 19.4 Å². The molecule has 3 amide bonds. The number of carbonyl (C=O) groups excluding carboxylic acids is 3. The van der Waals surface area contributed by atoms with Crippen molar-refractivity contribution in [1.82, 2.24) is 21.1 Å². The first kappa shape index (κ1) is 37.4. The Bertz CT molecular complexity index is 1560. The number of methoxy groups -OCH3 is 1. The number of anilines is 1. The van der Waals surface area contributed by atoms with Crippen LogP contribution in [-0.2, 0) is 33.7 Å². The van der Waals surface area contributed by atoms with Crippen LogP contribution in [0.4, 0.5) is 10.5 Å². The predicted molar refractivity (Wildman–Crippen MR) is 189 cm³/mol. The van der Waals surface area contributed by atoms with E-state index in [4.69, 9.17) is 4.74 Å². The summed E-state index contributed by atoms with van der Waals surface area (Å²) in [6.45, 7) is 6.16. The summed E-state index contributed by atoms with van der Waals surface area (Å²) in [4.78, 5) is 41.7. The summed E-state index contributed by atoms with van der Waals surface area (Å²) in [6.07, 6.45) is -0.622. The number of hydrogen-bond acceptors (Lipinski definition) is 8. The van der Waals surface area contributed by atoms with Crippen LogP contribution in [0.2, 0.25) is 0 Å². The highest BCUT2D eigenvalue weighted by atomic mass is 16.5. The van der Waals surface area contributed by atoms with Gasteiger partial charge in [0.15, 0.2) is 0 Å². The Kier molecular flexibility index (Phi) is 12.4. The Morgan fingerprint density at radius 3 is 2.22 bits per heavy atom. The van der Waals surface area contributed by atoms with Crippen LogP contribution in [-0.4, -0.2) is 78.6 Å². The highest BCUT2D eigenvalue weighted by molar-refractivity contribution is 5.86. The molecule has 1 aliphatic carbocycles. The summed E-state index contributed by atoms with van der Waals surface area (Å²) in [7, 11) is 5.17. The standard InChI is InChI=1S/C38H51N5O6/c1-37(2,3)33(40-36(47)49-6)34(45)41-43(25-27-17-19-29(20-18-27)42(4)5)22-12-21-38(48,24-26-13-8-7-9-14-26)35(46)39-32-30-16-11-10-15-28(30)23-31(32)44/h7-11,13-20,31-33,44,48H,12,21-25H2,1-6H3,(H,39,46)(H,40,47)(H,41,45)/t31-,32+,33-,38-/m1/s1. The number of hydrogen-bond donors (Lipinski definition) is 5. The summed E-state index contributed by atoms with van der Waals surface area (Å²) >= 11 is 0. The van der Waals surface area contributed by atoms with Crippen LogP contribution in [0, 0.1) is 5.41 Å². The lowest BCUT2D eigenvalue weighted by atomic mass is 9.86. The van der Waals surface area contributed by atoms with Gasteiger partial charge in [-0.15, -0.1) is 0 Å². The van der Waals surface area contributed by atoms with Gasteiger partial charge in [0.1, 0.15) is 11.6 Å². The van der Waals surface area contributed by atoms with Crippen molar-refractivity contribution in [2.75, 3.05) is 32.6 Å². The summed E-state index contributed by atoms with van der Waals surface area (Å²) < 4.78 is 4.78. The van der Waals surface area contributed by atoms with Crippen LogP contribution >= 0.6 is 0 Å². The fourth-order valence-electron chi connectivity index (χ4n) is 6.17. The topological polar surface area (TPSA) is 143 Å². The highest BCUT2D eigenvalue weighted by Crippen LogP contribution is 2.32. The molecule has 0 unspecified atom stereocenters. The van der Waals surface area contributed by atoms with Gasteiger partial charge in [-0.2, -0.15) is 0 Å². The van der Waals surface area contributed by atoms with E-state index in [9.17, 15) is 24.6 Å². The van der Waals surface area contributed by atoms with Crippen molar-refractivity contribution in [3.63, 3.8) is 0 Å². The largest absolute Gasteiger partial charge is 0.453 e. The zero-order valence-corrected chi connectivity index (χ0v) is 29.4. The second-order valence-electron chi connectivity index (χ2n) is 14.1. The molecule has 11 heteroatoms. The lowest BCUT2D eigenvalue weighted by Crippen LogP contribution is -2.57. The van der Waals surface area contributed by atoms with Crippen LogP contribution in [0.1, 0.15) is 61.9 Å². The number of nitrogens with zero attached hydrogens (tertiary/aromatic N) is 2. The van der Waals surface area contributed by atoms with Crippen LogP contribution in [0.15, 0.2) is 78.9 Å². The third-order valence-electron chi connectivity index (χ3n) is 8.94. The zero-order valence-electron chi connectivity index (χ0n) is 29.4. The van der Waals surface area contributed by atoms with Crippen molar-refractivity contribution in [3.8, 4) is 0 Å². The monoisotopic (exact) mass is 673 g/mol. The van der Waals surface area contributed by atoms with Crippen LogP contribution in [0.25, 0.3) is 0 Å². The molecular weight excluding hydrogens is 622 g/mol. The summed E-state index contributed by atoms with van der Waals surface area (Å²) in [6, 6.07) is 23.3. The minimum atomic E-state index is -1.80. The molecule has 5 N–H and O–H groups in total. The maximum absolute atomic E-state index is 13.9. The molecule has 0 saturated heterocycles. The third-order valence-corrected chi connectivity index (χ3v) is 8.94. The van der Waals surface area contributed by atoms with Gasteiger partial charge >= 0.3 is 6.09 Å². The number of rotatable bonds is 14. The van der Waals surface area contributed by atoms with Crippen molar-refractivity contribution >= 4 is 23.6 Å². The molecule has 3 aromatic rings. The Labute approximate surface area is 289 Å². The molecule has 4 atom stereocenters. The van der Waals surface area contributed by atoms with Crippen molar-refractivity contribution in [3.05, 3.63) is 101 Å². The minimum absolute atomic E-state index is 0.0671. The number of ether oxygens (including phenoxy) is 1. The molecule has 0 heterocycles. The van der Waals surface area contributed by atoms with Gasteiger partial charge in [-0.1, -0.05) is 87.5 Å². The van der Waals surface area contributed by atoms with Crippen molar-refractivity contribution in [2.45, 2.75) is 76.8 Å². The first-order chi connectivity index (χ1) is 23.2. The van der Waals surface area contributed by atoms with Gasteiger partial charge in [0.05, 0.1) is 19.3 Å². The molecule has 0 aromatic heterocycles. The van der Waals surface area contributed by atoms with E-state index in [2.05, 4.69) is 16.1 Å². The van der Waals surface area contributed by atoms with Crippen LogP contribution in [0.5, 0.6) is 0 Å². The number of benzene rings is 3. The van der Waals surface area contributed by atoms with Gasteiger partial charge < -0.3 is 30.5 Å². The molecule has 3 aromatic carbocycles. The molecule has 0 radical (unpaired) electrons. The zero-order chi connectivity index (χ0) is 35.8. The van der Waals surface area contributed by atoms with E-state index in [1.165, 1.54) is 7.11 Å². The first-order valence-electron chi connectivity index (χ1n) is 16.7. The smallest absolute Gasteiger partial charge is 0.407 e. The van der Waals surface area contributed by atoms with Gasteiger partial charge in [0, 0.05) is 45.7 Å². The molecule has 0 spiro atoms. The van der Waals surface area contributed by atoms with Gasteiger partial charge in [0.25, 0.3) is 11.8 Å². The van der Waals surface area contributed by atoms with E-state index < -0.39 is 47.1 Å². The Hall–Kier alpha value is -4.45. The van der Waals surface area contributed by atoms with E-state index in [0.717, 1.165) is 27.9 Å². The van der Waals surface area contributed by atoms with Gasteiger partial charge in [-0.25, -0.2) is 9.80 Å². The van der Waals surface area contributed by atoms with Crippen LogP contribution in [0.3, 0.4) is 0 Å². The molecule has 1 aliphatic rings. The predicted octanol–water partition coefficient (Wildman–Crippen LogP) is 3.89. The molecule has 264 valence electrons. The first-order valence-corrected chi connectivity index (χ1v) is 16.7. The Morgan fingerprint density at radius 2 is 1.59 bits per heavy atom. The van der Waals surface area contributed by atoms with Gasteiger partial charge in [-0.3, -0.25) is 15.0 Å². The number of nitrogens with one attached hydrogen (secondary N) is 3. The highest BCUT2D eigenvalue weighted by Gasteiger charge is 2.40. The number of alkyl carbamates (subject to hydrolysis) is 1. The lowest BCUT2D eigenvalue weighted by Gasteiger charge is -2.33. The normalized spacial score (nSPS) is 17.4. The Balaban J connectivity index is 1.55. The summed E-state index contributed by atoms with van der Waals surface area (Å²) in [5.74, 6) is -0.990. The molecule has 0 aliphatic heterocycles. The van der Waals surface area contributed by atoms with Crippen molar-refractivity contribution < 1.29 is 29.3 Å². The van der Waals surface area contributed by atoms with E-state index in [1.54, 1.807) is 5.01 Å². The fourth-order valence-corrected chi connectivity index (χ4v) is 6.17. The Morgan fingerprint density at radius 1 is 0.939 bits per heavy atom.